The van der Waals surface area contributed by atoms with E-state index in [1.807, 2.05) is 18.2 Å². The minimum atomic E-state index is 0.493. The molecule has 0 unspecified atom stereocenters. The molecule has 2 aromatic carbocycles. The molecule has 1 aliphatic carbocycles. The number of hydrogen-bond donors (Lipinski definition) is 1. The number of aryl methyl sites for hydroxylation is 2. The second-order valence-corrected chi connectivity index (χ2v) is 6.75. The lowest BCUT2D eigenvalue weighted by Gasteiger charge is -2.16. The van der Waals surface area contributed by atoms with Crippen LogP contribution in [0.25, 0.3) is 11.1 Å². The molecular weight excluding hydrogens is 350 g/mol. The number of fused-ring (bicyclic) bond motifs is 1. The number of benzene rings is 2. The fourth-order valence-corrected chi connectivity index (χ4v) is 3.70. The van der Waals surface area contributed by atoms with Gasteiger partial charge in [0.25, 0.3) is 0 Å². The van der Waals surface area contributed by atoms with Crippen LogP contribution in [0.2, 0.25) is 0 Å². The van der Waals surface area contributed by atoms with Gasteiger partial charge in [-0.25, -0.2) is 0 Å². The lowest BCUT2D eigenvalue weighted by molar-refractivity contribution is 0.355. The average Bonchev–Trinajstić information content (AvgIpc) is 3.21. The minimum absolute atomic E-state index is 0.493. The number of pyridine rings is 1. The Balaban J connectivity index is 1.78. The summed E-state index contributed by atoms with van der Waals surface area (Å²) in [6.45, 7) is 0. The van der Waals surface area contributed by atoms with Gasteiger partial charge in [0.05, 0.1) is 25.5 Å². The van der Waals surface area contributed by atoms with Crippen molar-refractivity contribution in [2.75, 3.05) is 19.5 Å². The molecule has 0 saturated carbocycles. The normalized spacial score (nSPS) is 12.2. The van der Waals surface area contributed by atoms with Crippen LogP contribution in [-0.4, -0.2) is 19.2 Å². The van der Waals surface area contributed by atoms with Crippen molar-refractivity contribution < 1.29 is 9.47 Å². The van der Waals surface area contributed by atoms with Crippen molar-refractivity contribution in [3.63, 3.8) is 0 Å². The summed E-state index contributed by atoms with van der Waals surface area (Å²) in [5.41, 5.74) is 6.73. The Hall–Kier alpha value is -3.52. The summed E-state index contributed by atoms with van der Waals surface area (Å²) in [4.78, 5) is 4.26. The minimum Gasteiger partial charge on any atom is -0.493 e. The summed E-state index contributed by atoms with van der Waals surface area (Å²) >= 11 is 0. The van der Waals surface area contributed by atoms with Crippen molar-refractivity contribution in [2.24, 2.45) is 0 Å². The van der Waals surface area contributed by atoms with Crippen molar-refractivity contribution in [2.45, 2.75) is 19.3 Å². The number of anilines is 2. The molecule has 1 aliphatic rings. The van der Waals surface area contributed by atoms with E-state index >= 15 is 0 Å². The lowest BCUT2D eigenvalue weighted by atomic mass is 10.0. The molecule has 1 N–H and O–H groups in total. The lowest BCUT2D eigenvalue weighted by Crippen LogP contribution is -1.99. The molecule has 0 saturated heterocycles. The summed E-state index contributed by atoms with van der Waals surface area (Å²) in [5, 5.41) is 13.1. The monoisotopic (exact) mass is 371 g/mol. The highest BCUT2D eigenvalue weighted by atomic mass is 16.5. The van der Waals surface area contributed by atoms with Gasteiger partial charge in [0.1, 0.15) is 6.07 Å². The van der Waals surface area contributed by atoms with E-state index in [0.717, 1.165) is 35.3 Å². The van der Waals surface area contributed by atoms with Gasteiger partial charge in [-0.05, 0) is 60.2 Å². The van der Waals surface area contributed by atoms with E-state index < -0.39 is 0 Å². The molecule has 3 aromatic rings. The zero-order valence-electron chi connectivity index (χ0n) is 16.0. The van der Waals surface area contributed by atoms with E-state index in [1.165, 1.54) is 17.5 Å². The van der Waals surface area contributed by atoms with Crippen LogP contribution in [0, 0.1) is 11.3 Å². The quantitative estimate of drug-likeness (QED) is 0.693. The first-order valence-corrected chi connectivity index (χ1v) is 9.23. The smallest absolute Gasteiger partial charge is 0.161 e. The molecule has 0 aliphatic heterocycles. The van der Waals surface area contributed by atoms with Gasteiger partial charge in [0.15, 0.2) is 11.5 Å². The predicted molar refractivity (Wildman–Crippen MR) is 109 cm³/mol. The third-order valence-corrected chi connectivity index (χ3v) is 5.13. The van der Waals surface area contributed by atoms with E-state index in [-0.39, 0.29) is 0 Å². The molecule has 1 heterocycles. The predicted octanol–water partition coefficient (Wildman–Crippen LogP) is 4.87. The van der Waals surface area contributed by atoms with Crippen LogP contribution in [0.1, 0.15) is 23.1 Å². The van der Waals surface area contributed by atoms with E-state index in [9.17, 15) is 5.26 Å². The summed E-state index contributed by atoms with van der Waals surface area (Å²) in [6, 6.07) is 14.4. The number of rotatable bonds is 5. The Morgan fingerprint density at radius 2 is 1.79 bits per heavy atom. The zero-order valence-corrected chi connectivity index (χ0v) is 16.0. The Bertz CT molecular complexity index is 1070. The van der Waals surface area contributed by atoms with Crippen molar-refractivity contribution >= 4 is 11.4 Å². The number of hydrogen-bond acceptors (Lipinski definition) is 5. The Morgan fingerprint density at radius 3 is 2.57 bits per heavy atom. The zero-order chi connectivity index (χ0) is 19.5. The first kappa shape index (κ1) is 17.9. The Kier molecular flexibility index (Phi) is 4.86. The third-order valence-electron chi connectivity index (χ3n) is 5.13. The average molecular weight is 371 g/mol. The van der Waals surface area contributed by atoms with Crippen LogP contribution in [-0.2, 0) is 12.8 Å². The molecule has 1 aromatic heterocycles. The Morgan fingerprint density at radius 1 is 0.964 bits per heavy atom. The van der Waals surface area contributed by atoms with Crippen molar-refractivity contribution in [1.82, 2.24) is 4.98 Å². The third kappa shape index (κ3) is 3.25. The van der Waals surface area contributed by atoms with Crippen LogP contribution in [0.3, 0.4) is 0 Å². The largest absolute Gasteiger partial charge is 0.493 e. The van der Waals surface area contributed by atoms with E-state index in [1.54, 1.807) is 26.6 Å². The highest BCUT2D eigenvalue weighted by Crippen LogP contribution is 2.37. The highest BCUT2D eigenvalue weighted by molar-refractivity contribution is 5.85. The molecule has 0 fully saturated rings. The molecule has 28 heavy (non-hydrogen) atoms. The maximum atomic E-state index is 9.63. The molecule has 0 atom stereocenters. The van der Waals surface area contributed by atoms with Crippen LogP contribution in [0.4, 0.5) is 11.4 Å². The van der Waals surface area contributed by atoms with Crippen LogP contribution < -0.4 is 14.8 Å². The van der Waals surface area contributed by atoms with Gasteiger partial charge in [-0.1, -0.05) is 12.1 Å². The van der Waals surface area contributed by atoms with Crippen LogP contribution in [0.15, 0.2) is 48.8 Å². The van der Waals surface area contributed by atoms with Crippen LogP contribution >= 0.6 is 0 Å². The summed E-state index contributed by atoms with van der Waals surface area (Å²) in [6.07, 6.45) is 6.80. The molecule has 0 bridgehead atoms. The van der Waals surface area contributed by atoms with E-state index in [0.29, 0.717) is 17.1 Å². The van der Waals surface area contributed by atoms with Gasteiger partial charge in [-0.15, -0.1) is 0 Å². The second kappa shape index (κ2) is 7.61. The van der Waals surface area contributed by atoms with Gasteiger partial charge in [-0.2, -0.15) is 5.26 Å². The SMILES string of the molecule is COc1ccc(-c2cncc(C#N)c2Nc2ccc3c(c2)CCC3)cc1OC. The number of methoxy groups -OCH3 is 2. The molecule has 0 radical (unpaired) electrons. The van der Waals surface area contributed by atoms with Gasteiger partial charge < -0.3 is 14.8 Å². The van der Waals surface area contributed by atoms with Crippen LogP contribution in [0.5, 0.6) is 11.5 Å². The maximum absolute atomic E-state index is 9.63. The molecule has 4 rings (SSSR count). The maximum Gasteiger partial charge on any atom is 0.161 e. The molecule has 5 nitrogen and oxygen atoms in total. The number of aromatic nitrogens is 1. The van der Waals surface area contributed by atoms with E-state index in [2.05, 4.69) is 34.6 Å². The molecular formula is C23H21N3O2. The van der Waals surface area contributed by atoms with Gasteiger partial charge >= 0.3 is 0 Å². The van der Waals surface area contributed by atoms with Gasteiger partial charge in [0, 0.05) is 23.6 Å². The topological polar surface area (TPSA) is 67.2 Å². The fraction of sp³-hybridized carbons (Fsp3) is 0.217. The molecule has 5 heteroatoms. The highest BCUT2D eigenvalue weighted by Gasteiger charge is 2.16. The summed E-state index contributed by atoms with van der Waals surface area (Å²) in [7, 11) is 3.21. The van der Waals surface area contributed by atoms with Gasteiger partial charge in [-0.3, -0.25) is 4.98 Å². The Labute approximate surface area is 164 Å². The van der Waals surface area contributed by atoms with Gasteiger partial charge in [0.2, 0.25) is 0 Å². The second-order valence-electron chi connectivity index (χ2n) is 6.75. The summed E-state index contributed by atoms with van der Waals surface area (Å²) < 4.78 is 10.8. The molecule has 140 valence electrons. The van der Waals surface area contributed by atoms with Crippen molar-refractivity contribution in [3.05, 3.63) is 65.5 Å². The summed E-state index contributed by atoms with van der Waals surface area (Å²) in [5.74, 6) is 1.29. The number of ether oxygens (including phenoxy) is 2. The van der Waals surface area contributed by atoms with E-state index in [4.69, 9.17) is 9.47 Å². The molecule has 0 amide bonds. The molecule has 0 spiro atoms. The first-order valence-electron chi connectivity index (χ1n) is 9.23. The van der Waals surface area contributed by atoms with Crippen molar-refractivity contribution in [3.8, 4) is 28.7 Å². The number of nitrogens with zero attached hydrogens (tertiary/aromatic N) is 2. The fourth-order valence-electron chi connectivity index (χ4n) is 3.70. The number of nitriles is 1. The first-order chi connectivity index (χ1) is 13.7. The number of nitrogens with one attached hydrogen (secondary N) is 1. The standard InChI is InChI=1S/C23H21N3O2/c1-27-21-9-7-17(11-22(21)28-2)20-14-25-13-18(12-24)23(20)26-19-8-6-15-4-3-5-16(15)10-19/h6-11,13-14H,3-5H2,1-2H3,(H,25,26). The van der Waals surface area contributed by atoms with Crippen molar-refractivity contribution in [1.29, 1.82) is 5.26 Å².